The second-order valence-electron chi connectivity index (χ2n) is 7.08. The summed E-state index contributed by atoms with van der Waals surface area (Å²) < 4.78 is 0. The molecule has 0 spiro atoms. The van der Waals surface area contributed by atoms with Crippen LogP contribution in [0.3, 0.4) is 0 Å². The first kappa shape index (κ1) is 16.4. The van der Waals surface area contributed by atoms with Crippen LogP contribution < -0.4 is 0 Å². The number of fused-ring (bicyclic) bond motifs is 2. The van der Waals surface area contributed by atoms with Gasteiger partial charge in [-0.25, -0.2) is 0 Å². The average Bonchev–Trinajstić information content (AvgIpc) is 2.73. The van der Waals surface area contributed by atoms with E-state index in [0.717, 1.165) is 0 Å². The third kappa shape index (κ3) is 2.46. The average molecular weight is 365 g/mol. The van der Waals surface area contributed by atoms with Gasteiger partial charge in [-0.3, -0.25) is 0 Å². The van der Waals surface area contributed by atoms with Crippen LogP contribution in [-0.4, -0.2) is 0 Å². The van der Waals surface area contributed by atoms with Crippen molar-refractivity contribution in [3.05, 3.63) is 131 Å². The minimum atomic E-state index is -0.298. The van der Waals surface area contributed by atoms with Crippen molar-refractivity contribution in [2.75, 3.05) is 0 Å². The van der Waals surface area contributed by atoms with Gasteiger partial charge in [0, 0.05) is 9.79 Å². The molecular weight excluding hydrogens is 344 g/mol. The third-order valence-corrected chi connectivity index (χ3v) is 6.65. The highest BCUT2D eigenvalue weighted by Gasteiger charge is 2.43. The summed E-state index contributed by atoms with van der Waals surface area (Å²) in [5, 5.41) is 0. The smallest absolute Gasteiger partial charge is 0.0723 e. The van der Waals surface area contributed by atoms with Crippen LogP contribution in [0, 0.1) is 6.92 Å². The number of rotatable bonds is 2. The van der Waals surface area contributed by atoms with Crippen LogP contribution in [0.4, 0.5) is 0 Å². The maximum Gasteiger partial charge on any atom is 0.0723 e. The summed E-state index contributed by atoms with van der Waals surface area (Å²) in [6, 6.07) is 37.7. The molecule has 0 saturated carbocycles. The fourth-order valence-electron chi connectivity index (χ4n) is 4.27. The minimum absolute atomic E-state index is 0.298. The van der Waals surface area contributed by atoms with E-state index in [2.05, 4.69) is 110 Å². The predicted octanol–water partition coefficient (Wildman–Crippen LogP) is 6.84. The molecule has 27 heavy (non-hydrogen) atoms. The molecule has 0 amide bonds. The van der Waals surface area contributed by atoms with Gasteiger partial charge in [0.2, 0.25) is 0 Å². The Morgan fingerprint density at radius 1 is 0.519 bits per heavy atom. The van der Waals surface area contributed by atoms with E-state index in [4.69, 9.17) is 0 Å². The summed E-state index contributed by atoms with van der Waals surface area (Å²) in [7, 11) is 0. The maximum atomic E-state index is 2.30. The molecule has 0 radical (unpaired) electrons. The van der Waals surface area contributed by atoms with Gasteiger partial charge < -0.3 is 0 Å². The first-order valence-electron chi connectivity index (χ1n) is 9.29. The Hall–Kier alpha value is -2.77. The van der Waals surface area contributed by atoms with Gasteiger partial charge in [0.1, 0.15) is 0 Å². The van der Waals surface area contributed by atoms with Crippen LogP contribution >= 0.6 is 11.8 Å². The highest BCUT2D eigenvalue weighted by molar-refractivity contribution is 7.99. The lowest BCUT2D eigenvalue weighted by Crippen LogP contribution is -2.34. The number of hydrogen-bond donors (Lipinski definition) is 0. The van der Waals surface area contributed by atoms with Crippen LogP contribution in [0.5, 0.6) is 0 Å². The van der Waals surface area contributed by atoms with Crippen molar-refractivity contribution in [2.45, 2.75) is 22.1 Å². The Labute approximate surface area is 164 Å². The first-order chi connectivity index (χ1) is 13.3. The number of aryl methyl sites for hydroxylation is 1. The van der Waals surface area contributed by atoms with E-state index in [9.17, 15) is 0 Å². The summed E-state index contributed by atoms with van der Waals surface area (Å²) in [6.07, 6.45) is 0. The van der Waals surface area contributed by atoms with Gasteiger partial charge in [0.05, 0.1) is 5.41 Å². The van der Waals surface area contributed by atoms with E-state index in [1.807, 2.05) is 11.8 Å². The van der Waals surface area contributed by atoms with Gasteiger partial charge in [0.15, 0.2) is 0 Å². The summed E-state index contributed by atoms with van der Waals surface area (Å²) in [6.45, 7) is 2.15. The first-order valence-corrected chi connectivity index (χ1v) is 10.1. The van der Waals surface area contributed by atoms with Crippen molar-refractivity contribution in [1.82, 2.24) is 0 Å². The molecule has 0 aromatic heterocycles. The molecule has 1 aliphatic rings. The van der Waals surface area contributed by atoms with E-state index in [1.54, 1.807) is 0 Å². The molecule has 1 aliphatic heterocycles. The molecule has 1 heteroatoms. The van der Waals surface area contributed by atoms with Gasteiger partial charge in [0.25, 0.3) is 0 Å². The summed E-state index contributed by atoms with van der Waals surface area (Å²) in [5.41, 5.74) is 6.35. The molecule has 0 atom stereocenters. The highest BCUT2D eigenvalue weighted by Crippen LogP contribution is 2.55. The molecule has 1 heterocycles. The Kier molecular flexibility index (Phi) is 3.91. The molecule has 0 unspecified atom stereocenters. The Morgan fingerprint density at radius 2 is 1.00 bits per heavy atom. The van der Waals surface area contributed by atoms with Crippen LogP contribution in [-0.2, 0) is 5.41 Å². The van der Waals surface area contributed by atoms with Crippen LogP contribution in [0.2, 0.25) is 0 Å². The predicted molar refractivity (Wildman–Crippen MR) is 114 cm³/mol. The fourth-order valence-corrected chi connectivity index (χ4v) is 5.47. The van der Waals surface area contributed by atoms with Crippen molar-refractivity contribution in [3.8, 4) is 0 Å². The monoisotopic (exact) mass is 364 g/mol. The molecule has 0 bridgehead atoms. The summed E-state index contributed by atoms with van der Waals surface area (Å²) in [4.78, 5) is 2.67. The maximum absolute atomic E-state index is 2.30. The van der Waals surface area contributed by atoms with Gasteiger partial charge in [-0.15, -0.1) is 0 Å². The molecule has 0 fully saturated rings. The minimum Gasteiger partial charge on any atom is -0.0894 e. The molecule has 0 N–H and O–H groups in total. The lowest BCUT2D eigenvalue weighted by Gasteiger charge is -2.41. The lowest BCUT2D eigenvalue weighted by molar-refractivity contribution is 0.702. The van der Waals surface area contributed by atoms with Gasteiger partial charge in [-0.05, 0) is 41.3 Å². The summed E-state index contributed by atoms with van der Waals surface area (Å²) in [5.74, 6) is 0. The van der Waals surface area contributed by atoms with Crippen LogP contribution in [0.15, 0.2) is 113 Å². The van der Waals surface area contributed by atoms with Crippen LogP contribution in [0.1, 0.15) is 27.8 Å². The molecule has 0 saturated heterocycles. The van der Waals surface area contributed by atoms with E-state index in [0.29, 0.717) is 0 Å². The largest absolute Gasteiger partial charge is 0.0894 e. The van der Waals surface area contributed by atoms with E-state index >= 15 is 0 Å². The number of hydrogen-bond acceptors (Lipinski definition) is 1. The zero-order valence-corrected chi connectivity index (χ0v) is 16.0. The lowest BCUT2D eigenvalue weighted by atomic mass is 9.65. The SMILES string of the molecule is Cc1ccc(C2(c3ccccc3)c3ccccc3Sc3ccccc32)cc1. The molecule has 130 valence electrons. The zero-order chi connectivity index (χ0) is 18.3. The second kappa shape index (κ2) is 6.44. The van der Waals surface area contributed by atoms with E-state index < -0.39 is 0 Å². The van der Waals surface area contributed by atoms with Gasteiger partial charge in [-0.1, -0.05) is 108 Å². The summed E-state index contributed by atoms with van der Waals surface area (Å²) >= 11 is 1.88. The zero-order valence-electron chi connectivity index (χ0n) is 15.2. The van der Waals surface area contributed by atoms with Crippen molar-refractivity contribution in [2.24, 2.45) is 0 Å². The van der Waals surface area contributed by atoms with Crippen molar-refractivity contribution in [3.63, 3.8) is 0 Å². The topological polar surface area (TPSA) is 0 Å². The molecule has 5 rings (SSSR count). The Morgan fingerprint density at radius 3 is 1.59 bits per heavy atom. The molecule has 0 aliphatic carbocycles. The standard InChI is InChI=1S/C26H20S/c1-19-15-17-21(18-16-19)26(20-9-3-2-4-10-20)22-11-5-7-13-24(22)27-25-14-8-6-12-23(25)26/h2-18H,1H3. The fraction of sp³-hybridized carbons (Fsp3) is 0.0769. The highest BCUT2D eigenvalue weighted by atomic mass is 32.2. The Bertz CT molecular complexity index is 1050. The van der Waals surface area contributed by atoms with Crippen molar-refractivity contribution >= 4 is 11.8 Å². The van der Waals surface area contributed by atoms with Crippen molar-refractivity contribution < 1.29 is 0 Å². The molecule has 0 nitrogen and oxygen atoms in total. The van der Waals surface area contributed by atoms with Crippen molar-refractivity contribution in [1.29, 1.82) is 0 Å². The molecule has 4 aromatic rings. The Balaban J connectivity index is 1.95. The quantitative estimate of drug-likeness (QED) is 0.330. The van der Waals surface area contributed by atoms with Crippen LogP contribution in [0.25, 0.3) is 0 Å². The van der Waals surface area contributed by atoms with Gasteiger partial charge >= 0.3 is 0 Å². The molecule has 4 aromatic carbocycles. The van der Waals surface area contributed by atoms with E-state index in [1.165, 1.54) is 37.6 Å². The second-order valence-corrected chi connectivity index (χ2v) is 8.16. The normalized spacial score (nSPS) is 14.3. The van der Waals surface area contributed by atoms with Gasteiger partial charge in [-0.2, -0.15) is 0 Å². The number of benzene rings is 4. The molecular formula is C26H20S. The third-order valence-electron chi connectivity index (χ3n) is 5.49. The van der Waals surface area contributed by atoms with E-state index in [-0.39, 0.29) is 5.41 Å².